The fourth-order valence-electron chi connectivity index (χ4n) is 1.95. The van der Waals surface area contributed by atoms with Gasteiger partial charge in [0.15, 0.2) is 5.96 Å². The van der Waals surface area contributed by atoms with Crippen LogP contribution in [0.5, 0.6) is 0 Å². The molecule has 1 aliphatic carbocycles. The summed E-state index contributed by atoms with van der Waals surface area (Å²) in [6, 6.07) is 6.80. The maximum absolute atomic E-state index is 12.1. The summed E-state index contributed by atoms with van der Waals surface area (Å²) in [5, 5.41) is 6.33. The van der Waals surface area contributed by atoms with Gasteiger partial charge in [0, 0.05) is 26.7 Å². The Kier molecular flexibility index (Phi) is 5.79. The first kappa shape index (κ1) is 16.8. The summed E-state index contributed by atoms with van der Waals surface area (Å²) in [5.41, 5.74) is 1.03. The molecule has 122 valence electrons. The molecule has 1 aromatic carbocycles. The molecule has 1 fully saturated rings. The van der Waals surface area contributed by atoms with E-state index in [1.807, 2.05) is 6.92 Å². The molecule has 0 amide bonds. The van der Waals surface area contributed by atoms with Crippen LogP contribution in [0.15, 0.2) is 34.2 Å². The van der Waals surface area contributed by atoms with Gasteiger partial charge < -0.3 is 10.6 Å². The third-order valence-electron chi connectivity index (χ3n) is 3.52. The molecule has 6 nitrogen and oxygen atoms in total. The van der Waals surface area contributed by atoms with Crippen LogP contribution in [0.25, 0.3) is 0 Å². The Morgan fingerprint density at radius 3 is 2.45 bits per heavy atom. The normalized spacial score (nSPS) is 15.6. The Morgan fingerprint density at radius 2 is 1.86 bits per heavy atom. The van der Waals surface area contributed by atoms with Crippen LogP contribution in [0, 0.1) is 12.8 Å². The summed E-state index contributed by atoms with van der Waals surface area (Å²) in [6.07, 6.45) is 2.56. The average Bonchev–Trinajstić information content (AvgIpc) is 3.31. The van der Waals surface area contributed by atoms with Crippen LogP contribution in [0.1, 0.15) is 18.4 Å². The van der Waals surface area contributed by atoms with Gasteiger partial charge in [-0.25, -0.2) is 13.1 Å². The monoisotopic (exact) mass is 324 g/mol. The Balaban J connectivity index is 1.73. The summed E-state index contributed by atoms with van der Waals surface area (Å²) in [6.45, 7) is 3.64. The summed E-state index contributed by atoms with van der Waals surface area (Å²) >= 11 is 0. The molecule has 1 saturated carbocycles. The summed E-state index contributed by atoms with van der Waals surface area (Å²) < 4.78 is 26.8. The smallest absolute Gasteiger partial charge is 0.240 e. The molecular formula is C15H24N4O2S. The van der Waals surface area contributed by atoms with Gasteiger partial charge >= 0.3 is 0 Å². The molecule has 0 heterocycles. The molecule has 0 saturated heterocycles. The van der Waals surface area contributed by atoms with Crippen molar-refractivity contribution in [3.8, 4) is 0 Å². The second kappa shape index (κ2) is 7.60. The maximum Gasteiger partial charge on any atom is 0.240 e. The van der Waals surface area contributed by atoms with E-state index in [4.69, 9.17) is 0 Å². The predicted octanol–water partition coefficient (Wildman–Crippen LogP) is 0.848. The molecule has 7 heteroatoms. The number of hydrogen-bond donors (Lipinski definition) is 3. The Morgan fingerprint density at radius 1 is 1.18 bits per heavy atom. The predicted molar refractivity (Wildman–Crippen MR) is 88.5 cm³/mol. The second-order valence-corrected chi connectivity index (χ2v) is 7.30. The largest absolute Gasteiger partial charge is 0.356 e. The average molecular weight is 324 g/mol. The van der Waals surface area contributed by atoms with Crippen LogP contribution in [0.4, 0.5) is 0 Å². The lowest BCUT2D eigenvalue weighted by Gasteiger charge is -2.12. The first-order valence-electron chi connectivity index (χ1n) is 7.52. The van der Waals surface area contributed by atoms with E-state index in [2.05, 4.69) is 20.3 Å². The number of aryl methyl sites for hydroxylation is 1. The zero-order chi connectivity index (χ0) is 16.0. The summed E-state index contributed by atoms with van der Waals surface area (Å²) in [5.74, 6) is 1.47. The lowest BCUT2D eigenvalue weighted by molar-refractivity contribution is 0.580. The van der Waals surface area contributed by atoms with Gasteiger partial charge in [-0.1, -0.05) is 17.7 Å². The van der Waals surface area contributed by atoms with E-state index in [1.54, 1.807) is 31.3 Å². The number of benzene rings is 1. The van der Waals surface area contributed by atoms with Crippen molar-refractivity contribution < 1.29 is 8.42 Å². The molecule has 22 heavy (non-hydrogen) atoms. The van der Waals surface area contributed by atoms with Crippen LogP contribution in [0.2, 0.25) is 0 Å². The molecule has 0 unspecified atom stereocenters. The van der Waals surface area contributed by atoms with Crippen LogP contribution in [-0.4, -0.2) is 41.1 Å². The Bertz CT molecular complexity index is 607. The van der Waals surface area contributed by atoms with Crippen molar-refractivity contribution in [3.63, 3.8) is 0 Å². The zero-order valence-corrected chi connectivity index (χ0v) is 13.9. The number of nitrogens with one attached hydrogen (secondary N) is 3. The van der Waals surface area contributed by atoms with Crippen molar-refractivity contribution in [2.45, 2.75) is 24.7 Å². The van der Waals surface area contributed by atoms with Crippen LogP contribution < -0.4 is 15.4 Å². The molecule has 0 spiro atoms. The van der Waals surface area contributed by atoms with Crippen molar-refractivity contribution in [1.29, 1.82) is 0 Å². The second-order valence-electron chi connectivity index (χ2n) is 5.53. The van der Waals surface area contributed by atoms with Gasteiger partial charge in [-0.3, -0.25) is 4.99 Å². The number of hydrogen-bond acceptors (Lipinski definition) is 3. The molecule has 3 N–H and O–H groups in total. The lowest BCUT2D eigenvalue weighted by Crippen LogP contribution is -2.42. The third kappa shape index (κ3) is 5.31. The van der Waals surface area contributed by atoms with E-state index in [0.29, 0.717) is 19.0 Å². The first-order valence-corrected chi connectivity index (χ1v) is 9.00. The van der Waals surface area contributed by atoms with Crippen LogP contribution in [0.3, 0.4) is 0 Å². The minimum atomic E-state index is -3.45. The number of guanidine groups is 1. The minimum Gasteiger partial charge on any atom is -0.356 e. The number of rotatable bonds is 7. The summed E-state index contributed by atoms with van der Waals surface area (Å²) in [7, 11) is -1.74. The van der Waals surface area contributed by atoms with E-state index in [0.717, 1.165) is 18.0 Å². The topological polar surface area (TPSA) is 82.6 Å². The van der Waals surface area contributed by atoms with E-state index < -0.39 is 10.0 Å². The fraction of sp³-hybridized carbons (Fsp3) is 0.533. The van der Waals surface area contributed by atoms with Crippen molar-refractivity contribution in [3.05, 3.63) is 29.8 Å². The molecule has 0 radical (unpaired) electrons. The Labute approximate surface area is 132 Å². The molecular weight excluding hydrogens is 300 g/mol. The molecule has 0 aromatic heterocycles. The molecule has 1 aliphatic rings. The highest BCUT2D eigenvalue weighted by molar-refractivity contribution is 7.89. The quantitative estimate of drug-likeness (QED) is 0.394. The molecule has 0 bridgehead atoms. The first-order chi connectivity index (χ1) is 10.5. The highest BCUT2D eigenvalue weighted by Gasteiger charge is 2.21. The van der Waals surface area contributed by atoms with E-state index in [9.17, 15) is 8.42 Å². The number of nitrogens with zero attached hydrogens (tertiary/aromatic N) is 1. The zero-order valence-electron chi connectivity index (χ0n) is 13.1. The van der Waals surface area contributed by atoms with E-state index in [1.165, 1.54) is 12.8 Å². The standard InChI is InChI=1S/C15H24N4O2S/c1-12-3-7-14(8-4-12)22(20,21)19-10-9-17-15(16-2)18-11-13-5-6-13/h3-4,7-8,13,19H,5-6,9-11H2,1-2H3,(H2,16,17,18). The molecule has 0 atom stereocenters. The van der Waals surface area contributed by atoms with Gasteiger partial charge in [-0.05, 0) is 37.8 Å². The minimum absolute atomic E-state index is 0.286. The van der Waals surface area contributed by atoms with Gasteiger partial charge in [0.2, 0.25) is 10.0 Å². The highest BCUT2D eigenvalue weighted by atomic mass is 32.2. The van der Waals surface area contributed by atoms with Crippen molar-refractivity contribution in [2.24, 2.45) is 10.9 Å². The fourth-order valence-corrected chi connectivity index (χ4v) is 2.98. The van der Waals surface area contributed by atoms with Gasteiger partial charge in [-0.2, -0.15) is 0 Å². The SMILES string of the molecule is CN=C(NCCNS(=O)(=O)c1ccc(C)cc1)NCC1CC1. The van der Waals surface area contributed by atoms with Crippen LogP contribution in [-0.2, 0) is 10.0 Å². The van der Waals surface area contributed by atoms with Gasteiger partial charge in [0.05, 0.1) is 4.90 Å². The summed E-state index contributed by atoms with van der Waals surface area (Å²) in [4.78, 5) is 4.39. The van der Waals surface area contributed by atoms with Crippen molar-refractivity contribution in [1.82, 2.24) is 15.4 Å². The van der Waals surface area contributed by atoms with Crippen LogP contribution >= 0.6 is 0 Å². The van der Waals surface area contributed by atoms with Gasteiger partial charge in [0.25, 0.3) is 0 Å². The van der Waals surface area contributed by atoms with Gasteiger partial charge in [-0.15, -0.1) is 0 Å². The molecule has 1 aromatic rings. The number of aliphatic imine (C=N–C) groups is 1. The van der Waals surface area contributed by atoms with E-state index >= 15 is 0 Å². The maximum atomic E-state index is 12.1. The molecule has 2 rings (SSSR count). The lowest BCUT2D eigenvalue weighted by atomic mass is 10.2. The highest BCUT2D eigenvalue weighted by Crippen LogP contribution is 2.27. The van der Waals surface area contributed by atoms with Crippen molar-refractivity contribution >= 4 is 16.0 Å². The van der Waals surface area contributed by atoms with E-state index in [-0.39, 0.29) is 4.90 Å². The molecule has 0 aliphatic heterocycles. The van der Waals surface area contributed by atoms with Gasteiger partial charge in [0.1, 0.15) is 0 Å². The third-order valence-corrected chi connectivity index (χ3v) is 5.00. The number of sulfonamides is 1. The van der Waals surface area contributed by atoms with Crippen molar-refractivity contribution in [2.75, 3.05) is 26.7 Å². The Hall–Kier alpha value is -1.60.